The van der Waals surface area contributed by atoms with Crippen molar-refractivity contribution in [2.24, 2.45) is 0 Å². The molecule has 3 rings (SSSR count). The Morgan fingerprint density at radius 1 is 1.19 bits per heavy atom. The fourth-order valence-electron chi connectivity index (χ4n) is 3.01. The zero-order valence-corrected chi connectivity index (χ0v) is 12.3. The van der Waals surface area contributed by atoms with Gasteiger partial charge in [-0.15, -0.1) is 0 Å². The number of rotatable bonds is 3. The molecule has 4 nitrogen and oxygen atoms in total. The van der Waals surface area contributed by atoms with Crippen LogP contribution in [0.2, 0.25) is 0 Å². The van der Waals surface area contributed by atoms with Crippen LogP contribution in [-0.4, -0.2) is 34.2 Å². The fourth-order valence-corrected chi connectivity index (χ4v) is 3.01. The second kappa shape index (κ2) is 5.72. The van der Waals surface area contributed by atoms with Crippen molar-refractivity contribution in [1.29, 1.82) is 0 Å². The number of ketones is 1. The van der Waals surface area contributed by atoms with E-state index in [9.17, 15) is 9.59 Å². The van der Waals surface area contributed by atoms with Crippen molar-refractivity contribution in [2.75, 3.05) is 13.1 Å². The molecular weight excluding hydrogens is 264 g/mol. The summed E-state index contributed by atoms with van der Waals surface area (Å²) >= 11 is 0. The van der Waals surface area contributed by atoms with Crippen molar-refractivity contribution in [3.63, 3.8) is 0 Å². The van der Waals surface area contributed by atoms with Gasteiger partial charge in [-0.2, -0.15) is 0 Å². The molecule has 1 aromatic heterocycles. The number of amides is 1. The van der Waals surface area contributed by atoms with Gasteiger partial charge in [0, 0.05) is 32.1 Å². The van der Waals surface area contributed by atoms with Gasteiger partial charge in [0.15, 0.2) is 0 Å². The number of aromatic nitrogens is 1. The van der Waals surface area contributed by atoms with Crippen LogP contribution in [0.25, 0.3) is 10.9 Å². The summed E-state index contributed by atoms with van der Waals surface area (Å²) in [5, 5.41) is 1.18. The molecule has 1 saturated heterocycles. The number of carbonyl (C=O) groups is 2. The molecule has 0 saturated carbocycles. The first-order valence-corrected chi connectivity index (χ1v) is 7.55. The summed E-state index contributed by atoms with van der Waals surface area (Å²) in [6, 6.07) is 8.31. The van der Waals surface area contributed by atoms with Crippen LogP contribution in [0, 0.1) is 0 Å². The number of para-hydroxylation sites is 1. The summed E-state index contributed by atoms with van der Waals surface area (Å²) in [7, 11) is 0. The molecule has 0 aliphatic carbocycles. The number of hydrogen-bond donors (Lipinski definition) is 0. The number of piperidine rings is 1. The Hall–Kier alpha value is -2.10. The predicted molar refractivity (Wildman–Crippen MR) is 82.1 cm³/mol. The third-order valence-corrected chi connectivity index (χ3v) is 4.23. The number of hydrogen-bond acceptors (Lipinski definition) is 2. The van der Waals surface area contributed by atoms with Crippen LogP contribution in [-0.2, 0) is 22.6 Å². The van der Waals surface area contributed by atoms with Gasteiger partial charge >= 0.3 is 0 Å². The van der Waals surface area contributed by atoms with Gasteiger partial charge in [0.25, 0.3) is 0 Å². The van der Waals surface area contributed by atoms with Crippen molar-refractivity contribution < 1.29 is 9.59 Å². The third kappa shape index (κ3) is 2.71. The Morgan fingerprint density at radius 3 is 2.67 bits per heavy atom. The maximum Gasteiger partial charge on any atom is 0.242 e. The predicted octanol–water partition coefficient (Wildman–Crippen LogP) is 2.40. The fraction of sp³-hybridized carbons (Fsp3) is 0.412. The van der Waals surface area contributed by atoms with Gasteiger partial charge in [-0.1, -0.05) is 25.1 Å². The van der Waals surface area contributed by atoms with E-state index in [-0.39, 0.29) is 11.7 Å². The molecule has 0 N–H and O–H groups in total. The molecule has 2 aromatic rings. The topological polar surface area (TPSA) is 42.3 Å². The standard InChI is InChI=1S/C17H20N2O2/c1-2-13-4-3-5-14-6-9-19(17(13)14)12-16(21)18-10-7-15(20)8-11-18/h3-6,9H,2,7-8,10-12H2,1H3. The van der Waals surface area contributed by atoms with Gasteiger partial charge in [0.05, 0.1) is 5.52 Å². The minimum atomic E-state index is 0.103. The van der Waals surface area contributed by atoms with Gasteiger partial charge in [-0.3, -0.25) is 9.59 Å². The molecule has 1 aliphatic rings. The van der Waals surface area contributed by atoms with Crippen LogP contribution in [0.1, 0.15) is 25.3 Å². The van der Waals surface area contributed by atoms with Crippen LogP contribution in [0.15, 0.2) is 30.5 Å². The number of aryl methyl sites for hydroxylation is 1. The van der Waals surface area contributed by atoms with E-state index in [0.29, 0.717) is 32.5 Å². The molecule has 0 unspecified atom stereocenters. The van der Waals surface area contributed by atoms with E-state index in [2.05, 4.69) is 31.2 Å². The van der Waals surface area contributed by atoms with E-state index in [1.54, 1.807) is 0 Å². The van der Waals surface area contributed by atoms with Gasteiger partial charge in [-0.25, -0.2) is 0 Å². The number of benzene rings is 1. The van der Waals surface area contributed by atoms with Gasteiger partial charge in [0.2, 0.25) is 5.91 Å². The Morgan fingerprint density at radius 2 is 1.95 bits per heavy atom. The Bertz CT molecular complexity index is 677. The highest BCUT2D eigenvalue weighted by Gasteiger charge is 2.21. The van der Waals surface area contributed by atoms with Crippen LogP contribution in [0.3, 0.4) is 0 Å². The van der Waals surface area contributed by atoms with Gasteiger partial charge in [-0.05, 0) is 23.4 Å². The first kappa shape index (κ1) is 13.9. The van der Waals surface area contributed by atoms with Crippen LogP contribution >= 0.6 is 0 Å². The van der Waals surface area contributed by atoms with E-state index >= 15 is 0 Å². The van der Waals surface area contributed by atoms with Crippen molar-refractivity contribution in [2.45, 2.75) is 32.7 Å². The number of Topliss-reactive ketones (excluding diaryl/α,β-unsaturated/α-hetero) is 1. The lowest BCUT2D eigenvalue weighted by Crippen LogP contribution is -2.40. The van der Waals surface area contributed by atoms with E-state index < -0.39 is 0 Å². The molecular formula is C17H20N2O2. The lowest BCUT2D eigenvalue weighted by atomic mass is 10.1. The zero-order valence-electron chi connectivity index (χ0n) is 12.3. The SMILES string of the molecule is CCc1cccc2ccn(CC(=O)N3CCC(=O)CC3)c12. The number of carbonyl (C=O) groups excluding carboxylic acids is 2. The van der Waals surface area contributed by atoms with Crippen molar-refractivity contribution in [1.82, 2.24) is 9.47 Å². The second-order valence-electron chi connectivity index (χ2n) is 5.57. The van der Waals surface area contributed by atoms with Gasteiger partial charge < -0.3 is 9.47 Å². The Balaban J connectivity index is 1.81. The zero-order chi connectivity index (χ0) is 14.8. The highest BCUT2D eigenvalue weighted by atomic mass is 16.2. The number of nitrogens with zero attached hydrogens (tertiary/aromatic N) is 2. The van der Waals surface area contributed by atoms with Crippen LogP contribution in [0.5, 0.6) is 0 Å². The van der Waals surface area contributed by atoms with Crippen molar-refractivity contribution in [3.05, 3.63) is 36.0 Å². The number of likely N-dealkylation sites (tertiary alicyclic amines) is 1. The van der Waals surface area contributed by atoms with Crippen molar-refractivity contribution in [3.8, 4) is 0 Å². The maximum atomic E-state index is 12.4. The number of fused-ring (bicyclic) bond motifs is 1. The van der Waals surface area contributed by atoms with E-state index in [0.717, 1.165) is 11.9 Å². The van der Waals surface area contributed by atoms with E-state index in [1.807, 2.05) is 15.7 Å². The summed E-state index contributed by atoms with van der Waals surface area (Å²) in [6.45, 7) is 3.62. The lowest BCUT2D eigenvalue weighted by Gasteiger charge is -2.26. The average molecular weight is 284 g/mol. The molecule has 1 aromatic carbocycles. The summed E-state index contributed by atoms with van der Waals surface area (Å²) in [4.78, 5) is 25.5. The molecule has 21 heavy (non-hydrogen) atoms. The summed E-state index contributed by atoms with van der Waals surface area (Å²) in [5.74, 6) is 0.365. The van der Waals surface area contributed by atoms with Crippen LogP contribution < -0.4 is 0 Å². The van der Waals surface area contributed by atoms with Crippen LogP contribution in [0.4, 0.5) is 0 Å². The Kier molecular flexibility index (Phi) is 3.78. The third-order valence-electron chi connectivity index (χ3n) is 4.23. The van der Waals surface area contributed by atoms with E-state index in [1.165, 1.54) is 10.9 Å². The van der Waals surface area contributed by atoms with Crippen molar-refractivity contribution >= 4 is 22.6 Å². The summed E-state index contributed by atoms with van der Waals surface area (Å²) in [5.41, 5.74) is 2.42. The monoisotopic (exact) mass is 284 g/mol. The first-order valence-electron chi connectivity index (χ1n) is 7.55. The van der Waals surface area contributed by atoms with Gasteiger partial charge in [0.1, 0.15) is 12.3 Å². The largest absolute Gasteiger partial charge is 0.340 e. The molecule has 1 aliphatic heterocycles. The maximum absolute atomic E-state index is 12.4. The smallest absolute Gasteiger partial charge is 0.242 e. The molecule has 0 spiro atoms. The molecule has 1 fully saturated rings. The molecule has 4 heteroatoms. The molecule has 0 atom stereocenters. The minimum Gasteiger partial charge on any atom is -0.340 e. The molecule has 0 radical (unpaired) electrons. The van der Waals surface area contributed by atoms with E-state index in [4.69, 9.17) is 0 Å². The molecule has 1 amide bonds. The second-order valence-corrected chi connectivity index (χ2v) is 5.57. The molecule has 0 bridgehead atoms. The summed E-state index contributed by atoms with van der Waals surface area (Å²) in [6.07, 6.45) is 3.93. The Labute approximate surface area is 124 Å². The highest BCUT2D eigenvalue weighted by Crippen LogP contribution is 2.21. The first-order chi connectivity index (χ1) is 10.2. The lowest BCUT2D eigenvalue weighted by molar-refractivity contribution is -0.135. The quantitative estimate of drug-likeness (QED) is 0.868. The normalized spacial score (nSPS) is 15.7. The molecule has 2 heterocycles. The molecule has 110 valence electrons. The summed E-state index contributed by atoms with van der Waals surface area (Å²) < 4.78 is 2.03. The highest BCUT2D eigenvalue weighted by molar-refractivity contribution is 5.87. The minimum absolute atomic E-state index is 0.103. The average Bonchev–Trinajstić information content (AvgIpc) is 2.91.